The maximum absolute atomic E-state index is 11.7. The second-order valence-electron chi connectivity index (χ2n) is 5.06. The molecular weight excluding hydrogens is 348 g/mol. The van der Waals surface area contributed by atoms with E-state index in [1.807, 2.05) is 23.9 Å². The Bertz CT molecular complexity index is 659. The number of rotatable bonds is 4. The first-order valence-electron chi connectivity index (χ1n) is 6.81. The Morgan fingerprint density at radius 1 is 1.33 bits per heavy atom. The Morgan fingerprint density at radius 3 is 2.90 bits per heavy atom. The molecule has 21 heavy (non-hydrogen) atoms. The molecule has 2 aromatic rings. The van der Waals surface area contributed by atoms with Crippen LogP contribution in [0, 0.1) is 0 Å². The number of fused-ring (bicyclic) bond motifs is 1. The van der Waals surface area contributed by atoms with Gasteiger partial charge in [-0.05, 0) is 43.2 Å². The third kappa shape index (κ3) is 3.33. The van der Waals surface area contributed by atoms with Crippen LogP contribution in [0.3, 0.4) is 0 Å². The largest absolute Gasteiger partial charge is 0.492 e. The van der Waals surface area contributed by atoms with Crippen molar-refractivity contribution in [1.29, 1.82) is 0 Å². The third-order valence-corrected chi connectivity index (χ3v) is 5.24. The molecule has 0 radical (unpaired) electrons. The summed E-state index contributed by atoms with van der Waals surface area (Å²) < 4.78 is 6.84. The van der Waals surface area contributed by atoms with E-state index in [4.69, 9.17) is 4.74 Å². The monoisotopic (exact) mass is 362 g/mol. The highest BCUT2D eigenvalue weighted by Crippen LogP contribution is 2.37. The summed E-state index contributed by atoms with van der Waals surface area (Å²) in [5.41, 5.74) is 2.02. The minimum Gasteiger partial charge on any atom is -0.492 e. The van der Waals surface area contributed by atoms with Crippen LogP contribution >= 0.6 is 27.7 Å². The molecule has 1 unspecified atom stereocenters. The van der Waals surface area contributed by atoms with Crippen LogP contribution in [0.2, 0.25) is 0 Å². The fraction of sp³-hybridized carbons (Fsp3) is 0.235. The summed E-state index contributed by atoms with van der Waals surface area (Å²) >= 11 is 5.28. The summed E-state index contributed by atoms with van der Waals surface area (Å²) in [4.78, 5) is 13.0. The molecule has 0 fully saturated rings. The first-order chi connectivity index (χ1) is 10.1. The summed E-state index contributed by atoms with van der Waals surface area (Å²) in [5.74, 6) is 0.688. The van der Waals surface area contributed by atoms with Gasteiger partial charge in [0.1, 0.15) is 12.4 Å². The molecule has 1 aliphatic rings. The van der Waals surface area contributed by atoms with Gasteiger partial charge in [0.25, 0.3) is 0 Å². The molecule has 0 spiro atoms. The number of halogens is 1. The molecule has 0 saturated carbocycles. The molecule has 3 rings (SSSR count). The van der Waals surface area contributed by atoms with Crippen LogP contribution in [0.25, 0.3) is 0 Å². The Labute approximate surface area is 137 Å². The number of benzene rings is 2. The van der Waals surface area contributed by atoms with E-state index in [0.29, 0.717) is 23.2 Å². The minimum absolute atomic E-state index is 0.0276. The van der Waals surface area contributed by atoms with E-state index in [-0.39, 0.29) is 5.78 Å². The Hall–Kier alpha value is -1.26. The predicted molar refractivity (Wildman–Crippen MR) is 89.4 cm³/mol. The maximum Gasteiger partial charge on any atom is 0.163 e. The smallest absolute Gasteiger partial charge is 0.163 e. The fourth-order valence-corrected chi connectivity index (χ4v) is 3.99. The predicted octanol–water partition coefficient (Wildman–Crippen LogP) is 4.75. The van der Waals surface area contributed by atoms with E-state index in [0.717, 1.165) is 10.9 Å². The molecule has 4 heteroatoms. The summed E-state index contributed by atoms with van der Waals surface area (Å²) in [7, 11) is 0. The van der Waals surface area contributed by atoms with Crippen molar-refractivity contribution >= 4 is 33.5 Å². The highest BCUT2D eigenvalue weighted by Gasteiger charge is 2.22. The summed E-state index contributed by atoms with van der Waals surface area (Å²) in [6.07, 6.45) is 1.02. The van der Waals surface area contributed by atoms with Gasteiger partial charge in [-0.3, -0.25) is 4.79 Å². The number of carbonyl (C=O) groups is 1. The van der Waals surface area contributed by atoms with Crippen LogP contribution in [-0.4, -0.2) is 17.6 Å². The lowest BCUT2D eigenvalue weighted by Crippen LogP contribution is -2.14. The van der Waals surface area contributed by atoms with Gasteiger partial charge in [-0.15, -0.1) is 11.8 Å². The van der Waals surface area contributed by atoms with Gasteiger partial charge >= 0.3 is 0 Å². The van der Waals surface area contributed by atoms with Crippen molar-refractivity contribution in [2.24, 2.45) is 0 Å². The van der Waals surface area contributed by atoms with Crippen molar-refractivity contribution in [3.8, 4) is 5.75 Å². The molecule has 1 heterocycles. The minimum atomic E-state index is 0.0276. The van der Waals surface area contributed by atoms with Gasteiger partial charge < -0.3 is 4.74 Å². The maximum atomic E-state index is 11.7. The Balaban J connectivity index is 1.69. The van der Waals surface area contributed by atoms with E-state index < -0.39 is 0 Å². The normalized spacial score (nSPS) is 16.6. The number of carbonyl (C=O) groups excluding carboxylic acids is 1. The molecule has 0 saturated heterocycles. The molecule has 0 N–H and O–H groups in total. The molecule has 1 aliphatic heterocycles. The van der Waals surface area contributed by atoms with Crippen LogP contribution in [0.15, 0.2) is 51.8 Å². The van der Waals surface area contributed by atoms with Gasteiger partial charge in [0.2, 0.25) is 0 Å². The number of ketones is 1. The van der Waals surface area contributed by atoms with E-state index in [9.17, 15) is 4.79 Å². The molecular formula is C17H15BrO2S. The van der Waals surface area contributed by atoms with Crippen molar-refractivity contribution in [2.45, 2.75) is 23.5 Å². The highest BCUT2D eigenvalue weighted by atomic mass is 79.9. The number of thioether (sulfide) groups is 1. The first kappa shape index (κ1) is 14.7. The molecule has 2 nitrogen and oxygen atoms in total. The number of hydrogen-bond donors (Lipinski definition) is 0. The Morgan fingerprint density at radius 2 is 2.14 bits per heavy atom. The molecule has 1 atom stereocenters. The van der Waals surface area contributed by atoms with Gasteiger partial charge in [-0.25, -0.2) is 0 Å². The lowest BCUT2D eigenvalue weighted by Gasteiger charge is -2.13. The molecule has 0 aliphatic carbocycles. The zero-order valence-corrected chi connectivity index (χ0v) is 14.0. The van der Waals surface area contributed by atoms with Gasteiger partial charge in [0.15, 0.2) is 5.78 Å². The lowest BCUT2D eigenvalue weighted by molar-refractivity contribution is 0.101. The first-order valence-corrected chi connectivity index (χ1v) is 8.48. The van der Waals surface area contributed by atoms with Crippen molar-refractivity contribution in [3.05, 3.63) is 58.1 Å². The van der Waals surface area contributed by atoms with Crippen LogP contribution in [-0.2, 0) is 6.42 Å². The van der Waals surface area contributed by atoms with Crippen molar-refractivity contribution in [3.63, 3.8) is 0 Å². The van der Waals surface area contributed by atoms with Crippen LogP contribution in [0.5, 0.6) is 5.75 Å². The van der Waals surface area contributed by atoms with E-state index in [2.05, 4.69) is 40.2 Å². The molecule has 0 amide bonds. The summed E-state index contributed by atoms with van der Waals surface area (Å²) in [6.45, 7) is 2.17. The van der Waals surface area contributed by atoms with Crippen LogP contribution < -0.4 is 4.74 Å². The standard InChI is InChI=1S/C17H15BrO2S/c1-11(19)15-7-6-13(18)9-16(15)20-10-14-8-12-4-2-3-5-17(12)21-14/h2-7,9,14H,8,10H2,1H3. The molecule has 108 valence electrons. The zero-order chi connectivity index (χ0) is 14.8. The van der Waals surface area contributed by atoms with Gasteiger partial charge in [-0.2, -0.15) is 0 Å². The van der Waals surface area contributed by atoms with E-state index >= 15 is 0 Å². The third-order valence-electron chi connectivity index (χ3n) is 3.46. The molecule has 0 aromatic heterocycles. The van der Waals surface area contributed by atoms with Gasteiger partial charge in [0.05, 0.1) is 5.56 Å². The van der Waals surface area contributed by atoms with Crippen LogP contribution in [0.4, 0.5) is 0 Å². The average molecular weight is 363 g/mol. The summed E-state index contributed by atoms with van der Waals surface area (Å²) in [6, 6.07) is 14.0. The number of hydrogen-bond acceptors (Lipinski definition) is 3. The number of Topliss-reactive ketones (excluding diaryl/α,β-unsaturated/α-hetero) is 1. The molecule has 2 aromatic carbocycles. The summed E-state index contributed by atoms with van der Waals surface area (Å²) in [5, 5.41) is 0.404. The second-order valence-corrected chi connectivity index (χ2v) is 7.32. The fourth-order valence-electron chi connectivity index (χ4n) is 2.44. The van der Waals surface area contributed by atoms with Crippen LogP contribution in [0.1, 0.15) is 22.8 Å². The average Bonchev–Trinajstić information content (AvgIpc) is 2.87. The van der Waals surface area contributed by atoms with E-state index in [1.54, 1.807) is 13.0 Å². The van der Waals surface area contributed by atoms with E-state index in [1.165, 1.54) is 10.5 Å². The lowest BCUT2D eigenvalue weighted by atomic mass is 10.1. The molecule has 0 bridgehead atoms. The Kier molecular flexibility index (Phi) is 4.36. The highest BCUT2D eigenvalue weighted by molar-refractivity contribution is 9.10. The van der Waals surface area contributed by atoms with Gasteiger partial charge in [-0.1, -0.05) is 34.1 Å². The SMILES string of the molecule is CC(=O)c1ccc(Br)cc1OCC1Cc2ccccc2S1. The second kappa shape index (κ2) is 6.24. The topological polar surface area (TPSA) is 26.3 Å². The van der Waals surface area contributed by atoms with Crippen molar-refractivity contribution < 1.29 is 9.53 Å². The van der Waals surface area contributed by atoms with Gasteiger partial charge in [0, 0.05) is 14.6 Å². The van der Waals surface area contributed by atoms with Crippen molar-refractivity contribution in [2.75, 3.05) is 6.61 Å². The zero-order valence-electron chi connectivity index (χ0n) is 11.6. The van der Waals surface area contributed by atoms with Crippen molar-refractivity contribution in [1.82, 2.24) is 0 Å². The number of ether oxygens (including phenoxy) is 1. The quantitative estimate of drug-likeness (QED) is 0.734.